The van der Waals surface area contributed by atoms with E-state index < -0.39 is 0 Å². The van der Waals surface area contributed by atoms with Crippen LogP contribution in [0.4, 0.5) is 0 Å². The second-order valence-corrected chi connectivity index (χ2v) is 17.2. The Balaban J connectivity index is 0. The monoisotopic (exact) mass is 731 g/mol. The Bertz CT molecular complexity index is 1040. The Hall–Kier alpha value is -1.21. The number of nitrogens with one attached hydrogen (secondary N) is 3. The van der Waals surface area contributed by atoms with Crippen LogP contribution in [0.3, 0.4) is 0 Å². The normalized spacial score (nSPS) is 12.2. The molecule has 0 amide bonds. The second-order valence-electron chi connectivity index (χ2n) is 17.2. The van der Waals surface area contributed by atoms with Crippen molar-refractivity contribution in [2.24, 2.45) is 0 Å². The summed E-state index contributed by atoms with van der Waals surface area (Å²) in [7, 11) is 0. The molecular formula is C40H72Cl3N3O2. The molecule has 0 saturated heterocycles. The van der Waals surface area contributed by atoms with Crippen molar-refractivity contribution in [1.29, 1.82) is 0 Å². The fraction of sp³-hybridized carbons (Fsp3) is 0.700. The molecule has 0 aliphatic rings. The van der Waals surface area contributed by atoms with Gasteiger partial charge in [-0.3, -0.25) is 0 Å². The van der Waals surface area contributed by atoms with E-state index >= 15 is 0 Å². The molecule has 2 aromatic rings. The van der Waals surface area contributed by atoms with Gasteiger partial charge in [-0.15, -0.1) is 37.2 Å². The van der Waals surface area contributed by atoms with E-state index in [1.807, 2.05) is 0 Å². The first-order valence-corrected chi connectivity index (χ1v) is 17.6. The summed E-state index contributed by atoms with van der Waals surface area (Å²) in [6, 6.07) is 8.85. The van der Waals surface area contributed by atoms with Crippen LogP contribution in [0.15, 0.2) is 24.3 Å². The van der Waals surface area contributed by atoms with Crippen molar-refractivity contribution in [2.45, 2.75) is 143 Å². The summed E-state index contributed by atoms with van der Waals surface area (Å²) in [5.41, 5.74) is 6.54. The molecule has 0 aliphatic carbocycles. The molecule has 2 aromatic carbocycles. The average molecular weight is 733 g/mol. The minimum atomic E-state index is -0.0798. The lowest BCUT2D eigenvalue weighted by molar-refractivity contribution is 0.421. The van der Waals surface area contributed by atoms with Crippen LogP contribution in [-0.2, 0) is 34.5 Å². The predicted molar refractivity (Wildman–Crippen MR) is 217 cm³/mol. The zero-order valence-corrected chi connectivity index (χ0v) is 34.9. The van der Waals surface area contributed by atoms with Crippen molar-refractivity contribution in [3.63, 3.8) is 0 Å². The lowest BCUT2D eigenvalue weighted by Crippen LogP contribution is -2.26. The van der Waals surface area contributed by atoms with Crippen LogP contribution < -0.4 is 16.0 Å². The highest BCUT2D eigenvalue weighted by atomic mass is 35.5. The summed E-state index contributed by atoms with van der Waals surface area (Å²) < 4.78 is 0. The van der Waals surface area contributed by atoms with Gasteiger partial charge in [-0.05, 0) is 133 Å². The maximum Gasteiger partial charge on any atom is 0.123 e. The van der Waals surface area contributed by atoms with Gasteiger partial charge in [0.2, 0.25) is 0 Å². The van der Waals surface area contributed by atoms with E-state index in [2.05, 4.69) is 123 Å². The summed E-state index contributed by atoms with van der Waals surface area (Å²) in [6.07, 6.45) is 6.51. The van der Waals surface area contributed by atoms with E-state index in [0.29, 0.717) is 11.5 Å². The van der Waals surface area contributed by atoms with E-state index in [1.54, 1.807) is 0 Å². The quantitative estimate of drug-likeness (QED) is 0.111. The zero-order chi connectivity index (χ0) is 34.1. The summed E-state index contributed by atoms with van der Waals surface area (Å²) in [5, 5.41) is 32.7. The van der Waals surface area contributed by atoms with Gasteiger partial charge in [-0.1, -0.05) is 107 Å². The second kappa shape index (κ2) is 21.2. The molecule has 0 heterocycles. The molecule has 0 unspecified atom stereocenters. The summed E-state index contributed by atoms with van der Waals surface area (Å²) in [4.78, 5) is 0. The Kier molecular flexibility index (Phi) is 21.6. The van der Waals surface area contributed by atoms with Crippen molar-refractivity contribution >= 4 is 37.2 Å². The van der Waals surface area contributed by atoms with Crippen LogP contribution in [-0.4, -0.2) is 49.5 Å². The van der Waals surface area contributed by atoms with Crippen LogP contribution in [0.1, 0.15) is 142 Å². The molecule has 2 rings (SSSR count). The van der Waals surface area contributed by atoms with E-state index in [4.69, 9.17) is 0 Å². The zero-order valence-electron chi connectivity index (χ0n) is 32.4. The van der Waals surface area contributed by atoms with E-state index in [0.717, 1.165) is 100 Å². The predicted octanol–water partition coefficient (Wildman–Crippen LogP) is 9.67. The third-order valence-corrected chi connectivity index (χ3v) is 8.62. The lowest BCUT2D eigenvalue weighted by atomic mass is 9.78. The van der Waals surface area contributed by atoms with Crippen molar-refractivity contribution in [3.05, 3.63) is 57.6 Å². The van der Waals surface area contributed by atoms with Crippen LogP contribution in [0.5, 0.6) is 11.5 Å². The van der Waals surface area contributed by atoms with Crippen molar-refractivity contribution in [2.75, 3.05) is 39.3 Å². The van der Waals surface area contributed by atoms with Gasteiger partial charge in [0.05, 0.1) is 0 Å². The number of benzene rings is 2. The topological polar surface area (TPSA) is 76.5 Å². The molecule has 5 N–H and O–H groups in total. The molecule has 0 atom stereocenters. The molecule has 8 heteroatoms. The van der Waals surface area contributed by atoms with Crippen molar-refractivity contribution in [1.82, 2.24) is 16.0 Å². The fourth-order valence-electron chi connectivity index (χ4n) is 5.85. The van der Waals surface area contributed by atoms with Crippen LogP contribution in [0, 0.1) is 0 Å². The standard InChI is InChI=1S/C40H69N3O2.3ClH/c1-37(2,3)31-25-29(26-32(35(31)44)38(4,5)6)17-13-19-41-21-15-23-43-24-16-22-42-20-14-18-30-27-33(39(7,8)9)36(45)34(28-30)40(10,11)12;;;/h25-28,41-45H,13-24H2,1-12H3;3*1H. The molecule has 48 heavy (non-hydrogen) atoms. The number of aryl methyl sites for hydroxylation is 2. The minimum Gasteiger partial charge on any atom is -0.507 e. The molecule has 0 aliphatic heterocycles. The molecule has 5 nitrogen and oxygen atoms in total. The molecule has 0 radical (unpaired) electrons. The largest absolute Gasteiger partial charge is 0.507 e. The molecule has 280 valence electrons. The van der Waals surface area contributed by atoms with Gasteiger partial charge in [0, 0.05) is 0 Å². The highest BCUT2D eigenvalue weighted by Gasteiger charge is 2.27. The SMILES string of the molecule is CC(C)(C)c1cc(CCCNCCCNCCCNCCCc2cc(C(C)(C)C)c(O)c(C(C)(C)C)c2)cc(C(C)(C)C)c1O.Cl.Cl.Cl. The van der Waals surface area contributed by atoms with Gasteiger partial charge >= 0.3 is 0 Å². The number of aromatic hydroxyl groups is 2. The molecule has 0 spiro atoms. The average Bonchev–Trinajstić information content (AvgIpc) is 2.89. The highest BCUT2D eigenvalue weighted by molar-refractivity contribution is 5.86. The number of hydrogen-bond acceptors (Lipinski definition) is 5. The number of phenols is 2. The molecule has 0 saturated carbocycles. The Morgan fingerprint density at radius 2 is 0.604 bits per heavy atom. The van der Waals surface area contributed by atoms with Crippen LogP contribution >= 0.6 is 37.2 Å². The number of halogens is 3. The highest BCUT2D eigenvalue weighted by Crippen LogP contribution is 2.41. The van der Waals surface area contributed by atoms with E-state index in [-0.39, 0.29) is 58.9 Å². The molecule has 0 aromatic heterocycles. The number of hydrogen-bond donors (Lipinski definition) is 5. The first kappa shape index (κ1) is 48.9. The summed E-state index contributed by atoms with van der Waals surface area (Å²) in [5.74, 6) is 0.936. The van der Waals surface area contributed by atoms with Crippen molar-refractivity contribution < 1.29 is 10.2 Å². The van der Waals surface area contributed by atoms with Gasteiger partial charge in [-0.2, -0.15) is 0 Å². The van der Waals surface area contributed by atoms with E-state index in [9.17, 15) is 10.2 Å². The third kappa shape index (κ3) is 16.2. The third-order valence-electron chi connectivity index (χ3n) is 8.62. The van der Waals surface area contributed by atoms with Gasteiger partial charge in [0.25, 0.3) is 0 Å². The Morgan fingerprint density at radius 3 is 0.812 bits per heavy atom. The lowest BCUT2D eigenvalue weighted by Gasteiger charge is -2.28. The summed E-state index contributed by atoms with van der Waals surface area (Å²) >= 11 is 0. The first-order chi connectivity index (χ1) is 20.7. The van der Waals surface area contributed by atoms with E-state index in [1.165, 1.54) is 11.1 Å². The number of rotatable bonds is 16. The van der Waals surface area contributed by atoms with Gasteiger partial charge in [0.15, 0.2) is 0 Å². The van der Waals surface area contributed by atoms with Crippen molar-refractivity contribution in [3.8, 4) is 11.5 Å². The van der Waals surface area contributed by atoms with Crippen LogP contribution in [0.2, 0.25) is 0 Å². The smallest absolute Gasteiger partial charge is 0.123 e. The molecular weight excluding hydrogens is 661 g/mol. The summed E-state index contributed by atoms with van der Waals surface area (Å²) in [6.45, 7) is 32.3. The Morgan fingerprint density at radius 1 is 0.396 bits per heavy atom. The first-order valence-electron chi connectivity index (χ1n) is 17.6. The van der Waals surface area contributed by atoms with Gasteiger partial charge in [-0.25, -0.2) is 0 Å². The van der Waals surface area contributed by atoms with Gasteiger partial charge < -0.3 is 26.2 Å². The molecule has 0 bridgehead atoms. The molecule has 0 fully saturated rings. The maximum atomic E-state index is 11.0. The Labute approximate surface area is 313 Å². The minimum absolute atomic E-state index is 0. The van der Waals surface area contributed by atoms with Gasteiger partial charge in [0.1, 0.15) is 11.5 Å². The maximum absolute atomic E-state index is 11.0. The fourth-order valence-corrected chi connectivity index (χ4v) is 5.85. The number of phenolic OH excluding ortho intramolecular Hbond substituents is 2. The van der Waals surface area contributed by atoms with Crippen LogP contribution in [0.25, 0.3) is 0 Å².